The van der Waals surface area contributed by atoms with Crippen molar-refractivity contribution in [3.63, 3.8) is 0 Å². The van der Waals surface area contributed by atoms with Gasteiger partial charge in [0.25, 0.3) is 5.91 Å². The predicted octanol–water partition coefficient (Wildman–Crippen LogP) is 2.41. The summed E-state index contributed by atoms with van der Waals surface area (Å²) in [4.78, 5) is 37.2. The molecule has 0 atom stereocenters. The highest BCUT2D eigenvalue weighted by Gasteiger charge is 2.35. The lowest BCUT2D eigenvalue weighted by molar-refractivity contribution is -0.120. The largest absolute Gasteiger partial charge is 0.504 e. The minimum absolute atomic E-state index is 0.0500. The van der Waals surface area contributed by atoms with Crippen molar-refractivity contribution < 1.29 is 29.3 Å². The van der Waals surface area contributed by atoms with Crippen LogP contribution in [0.4, 0.5) is 11.4 Å². The minimum Gasteiger partial charge on any atom is -0.504 e. The van der Waals surface area contributed by atoms with Gasteiger partial charge in [0, 0.05) is 18.2 Å². The fourth-order valence-electron chi connectivity index (χ4n) is 2.90. The minimum atomic E-state index is -0.483. The molecule has 8 nitrogen and oxygen atoms in total. The number of methoxy groups -OCH3 is 1. The van der Waals surface area contributed by atoms with Gasteiger partial charge in [-0.2, -0.15) is 0 Å². The van der Waals surface area contributed by atoms with Crippen LogP contribution in [0.25, 0.3) is 6.08 Å². The van der Waals surface area contributed by atoms with Crippen molar-refractivity contribution in [2.24, 2.45) is 0 Å². The normalized spacial score (nSPS) is 15.2. The molecule has 2 aromatic carbocycles. The Bertz CT molecular complexity index is 995. The standard InChI is InChI=1S/C20H18N2O6/c1-11(23)21-14-3-5-15(6-4-14)22-18(25)10-13(20(22)27)7-12-8-16(24)19(26)17(9-12)28-2/h3-9,24,26H,10H2,1-2H3,(H,21,23)/b13-7+. The van der Waals surface area contributed by atoms with E-state index < -0.39 is 23.3 Å². The van der Waals surface area contributed by atoms with Crippen molar-refractivity contribution in [3.05, 3.63) is 47.5 Å². The SMILES string of the molecule is COc1cc(/C=C2\CC(=O)N(c3ccc(NC(C)=O)cc3)C2=O)cc(O)c1O. The second kappa shape index (κ2) is 7.43. The van der Waals surface area contributed by atoms with Gasteiger partial charge < -0.3 is 20.3 Å². The second-order valence-corrected chi connectivity index (χ2v) is 6.20. The Hall–Kier alpha value is -3.81. The lowest BCUT2D eigenvalue weighted by Crippen LogP contribution is -2.28. The molecular formula is C20H18N2O6. The summed E-state index contributed by atoms with van der Waals surface area (Å²) in [6.45, 7) is 1.38. The molecule has 0 unspecified atom stereocenters. The van der Waals surface area contributed by atoms with Crippen molar-refractivity contribution in [3.8, 4) is 17.2 Å². The Labute approximate surface area is 160 Å². The number of hydrogen-bond donors (Lipinski definition) is 3. The van der Waals surface area contributed by atoms with Crippen molar-refractivity contribution in [1.29, 1.82) is 0 Å². The molecule has 0 spiro atoms. The summed E-state index contributed by atoms with van der Waals surface area (Å²) in [7, 11) is 1.34. The van der Waals surface area contributed by atoms with E-state index in [9.17, 15) is 24.6 Å². The van der Waals surface area contributed by atoms with Gasteiger partial charge in [0.1, 0.15) is 0 Å². The van der Waals surface area contributed by atoms with Gasteiger partial charge in [0.15, 0.2) is 11.5 Å². The first kappa shape index (κ1) is 19.0. The van der Waals surface area contributed by atoms with Gasteiger partial charge >= 0.3 is 0 Å². The molecular weight excluding hydrogens is 364 g/mol. The van der Waals surface area contributed by atoms with Crippen LogP contribution in [0.15, 0.2) is 42.0 Å². The van der Waals surface area contributed by atoms with Crippen LogP contribution < -0.4 is 15.0 Å². The fourth-order valence-corrected chi connectivity index (χ4v) is 2.90. The molecule has 3 rings (SSSR count). The summed E-state index contributed by atoms with van der Waals surface area (Å²) in [6.07, 6.45) is 1.36. The average Bonchev–Trinajstić information content (AvgIpc) is 2.91. The monoisotopic (exact) mass is 382 g/mol. The number of imide groups is 1. The average molecular weight is 382 g/mol. The third-order valence-corrected chi connectivity index (χ3v) is 4.15. The van der Waals surface area contributed by atoms with Crippen LogP contribution >= 0.6 is 0 Å². The third-order valence-electron chi connectivity index (χ3n) is 4.15. The Morgan fingerprint density at radius 2 is 1.86 bits per heavy atom. The molecule has 28 heavy (non-hydrogen) atoms. The Kier molecular flexibility index (Phi) is 5.04. The number of benzene rings is 2. The lowest BCUT2D eigenvalue weighted by Gasteiger charge is -2.14. The zero-order valence-electron chi connectivity index (χ0n) is 15.2. The topological polar surface area (TPSA) is 116 Å². The van der Waals surface area contributed by atoms with Crippen LogP contribution in [0.2, 0.25) is 0 Å². The molecule has 3 amide bonds. The molecule has 1 fully saturated rings. The quantitative estimate of drug-likeness (QED) is 0.425. The van der Waals surface area contributed by atoms with Gasteiger partial charge in [-0.25, -0.2) is 4.90 Å². The Morgan fingerprint density at radius 3 is 2.46 bits per heavy atom. The number of nitrogens with one attached hydrogen (secondary N) is 1. The maximum atomic E-state index is 12.7. The van der Waals surface area contributed by atoms with E-state index in [2.05, 4.69) is 5.32 Å². The van der Waals surface area contributed by atoms with Gasteiger partial charge in [-0.15, -0.1) is 0 Å². The van der Waals surface area contributed by atoms with Crippen LogP contribution in [-0.4, -0.2) is 35.0 Å². The van der Waals surface area contributed by atoms with Crippen LogP contribution in [-0.2, 0) is 14.4 Å². The molecule has 1 heterocycles. The molecule has 144 valence electrons. The third kappa shape index (κ3) is 3.66. The number of anilines is 2. The lowest BCUT2D eigenvalue weighted by atomic mass is 10.1. The van der Waals surface area contributed by atoms with E-state index in [0.29, 0.717) is 16.9 Å². The van der Waals surface area contributed by atoms with E-state index in [-0.39, 0.29) is 23.7 Å². The van der Waals surface area contributed by atoms with E-state index in [1.165, 1.54) is 32.2 Å². The number of amides is 3. The smallest absolute Gasteiger partial charge is 0.261 e. The summed E-state index contributed by atoms with van der Waals surface area (Å²) in [6, 6.07) is 9.06. The highest BCUT2D eigenvalue weighted by molar-refractivity contribution is 6.29. The number of rotatable bonds is 4. The highest BCUT2D eigenvalue weighted by Crippen LogP contribution is 2.37. The highest BCUT2D eigenvalue weighted by atomic mass is 16.5. The molecule has 1 aliphatic rings. The van der Waals surface area contributed by atoms with Crippen LogP contribution in [0, 0.1) is 0 Å². The number of carbonyl (C=O) groups excluding carboxylic acids is 3. The zero-order chi connectivity index (χ0) is 20.4. The Morgan fingerprint density at radius 1 is 1.18 bits per heavy atom. The van der Waals surface area contributed by atoms with E-state index in [4.69, 9.17) is 4.74 Å². The van der Waals surface area contributed by atoms with Crippen LogP contribution in [0.5, 0.6) is 17.2 Å². The second-order valence-electron chi connectivity index (χ2n) is 6.20. The summed E-state index contributed by atoms with van der Waals surface area (Å²) >= 11 is 0. The molecule has 0 aromatic heterocycles. The van der Waals surface area contributed by atoms with Crippen molar-refractivity contribution >= 4 is 35.2 Å². The van der Waals surface area contributed by atoms with Gasteiger partial charge in [-0.1, -0.05) is 0 Å². The summed E-state index contributed by atoms with van der Waals surface area (Å²) < 4.78 is 4.98. The van der Waals surface area contributed by atoms with E-state index in [1.54, 1.807) is 24.3 Å². The van der Waals surface area contributed by atoms with E-state index in [0.717, 1.165) is 4.90 Å². The Balaban J connectivity index is 1.88. The molecule has 0 saturated carbocycles. The summed E-state index contributed by atoms with van der Waals surface area (Å²) in [5.74, 6) is -1.84. The molecule has 3 N–H and O–H groups in total. The van der Waals surface area contributed by atoms with Gasteiger partial charge in [-0.05, 0) is 48.0 Å². The number of ether oxygens (including phenoxy) is 1. The molecule has 2 aromatic rings. The number of phenols is 2. The first-order valence-electron chi connectivity index (χ1n) is 8.35. The zero-order valence-corrected chi connectivity index (χ0v) is 15.2. The molecule has 0 aliphatic carbocycles. The van der Waals surface area contributed by atoms with Crippen molar-refractivity contribution in [1.82, 2.24) is 0 Å². The number of carbonyl (C=O) groups is 3. The maximum absolute atomic E-state index is 12.7. The first-order chi connectivity index (χ1) is 13.3. The van der Waals surface area contributed by atoms with Crippen LogP contribution in [0.3, 0.4) is 0 Å². The summed E-state index contributed by atoms with van der Waals surface area (Å²) in [5, 5.41) is 22.1. The summed E-state index contributed by atoms with van der Waals surface area (Å²) in [5.41, 5.74) is 1.59. The molecule has 1 saturated heterocycles. The predicted molar refractivity (Wildman–Crippen MR) is 102 cm³/mol. The van der Waals surface area contributed by atoms with E-state index >= 15 is 0 Å². The number of aromatic hydroxyl groups is 2. The molecule has 0 bridgehead atoms. The first-order valence-corrected chi connectivity index (χ1v) is 8.35. The van der Waals surface area contributed by atoms with Crippen LogP contribution in [0.1, 0.15) is 18.9 Å². The molecule has 0 radical (unpaired) electrons. The van der Waals surface area contributed by atoms with Gasteiger partial charge in [0.05, 0.1) is 19.2 Å². The number of phenolic OH excluding ortho intramolecular Hbond substituents is 2. The molecule has 1 aliphatic heterocycles. The fraction of sp³-hybridized carbons (Fsp3) is 0.150. The van der Waals surface area contributed by atoms with Crippen molar-refractivity contribution in [2.45, 2.75) is 13.3 Å². The van der Waals surface area contributed by atoms with Gasteiger partial charge in [0.2, 0.25) is 17.6 Å². The van der Waals surface area contributed by atoms with Gasteiger partial charge in [-0.3, -0.25) is 14.4 Å². The van der Waals surface area contributed by atoms with Crippen molar-refractivity contribution in [2.75, 3.05) is 17.3 Å². The maximum Gasteiger partial charge on any atom is 0.261 e. The number of hydrogen-bond acceptors (Lipinski definition) is 6. The van der Waals surface area contributed by atoms with E-state index in [1.807, 2.05) is 0 Å². The molecule has 8 heteroatoms. The number of nitrogens with zero attached hydrogens (tertiary/aromatic N) is 1.